The van der Waals surface area contributed by atoms with Gasteiger partial charge in [0.25, 0.3) is 5.69 Å². The number of nitro benzene ring substituents is 1. The summed E-state index contributed by atoms with van der Waals surface area (Å²) in [4.78, 5) is 10.0. The number of non-ortho nitro benzene ring substituents is 1. The molecule has 1 aliphatic rings. The van der Waals surface area contributed by atoms with Crippen LogP contribution in [0.2, 0.25) is 0 Å². The van der Waals surface area contributed by atoms with Crippen LogP contribution in [0.5, 0.6) is 0 Å². The van der Waals surface area contributed by atoms with Gasteiger partial charge in [-0.2, -0.15) is 0 Å². The molecule has 5 nitrogen and oxygen atoms in total. The molecule has 0 spiro atoms. The van der Waals surface area contributed by atoms with Crippen LogP contribution in [0, 0.1) is 10.1 Å². The smallest absolute Gasteiger partial charge is 0.269 e. The second-order valence-corrected chi connectivity index (χ2v) is 3.64. The number of nitrogens with one attached hydrogen (secondary N) is 1. The minimum Gasteiger partial charge on any atom is -0.391 e. The van der Waals surface area contributed by atoms with Gasteiger partial charge in [0.2, 0.25) is 0 Å². The van der Waals surface area contributed by atoms with Crippen LogP contribution in [-0.2, 0) is 0 Å². The molecule has 2 rings (SSSR count). The van der Waals surface area contributed by atoms with E-state index in [0.29, 0.717) is 0 Å². The number of nitrogens with zero attached hydrogens (tertiary/aromatic N) is 1. The molecule has 15 heavy (non-hydrogen) atoms. The Morgan fingerprint density at radius 2 is 2.07 bits per heavy atom. The van der Waals surface area contributed by atoms with Gasteiger partial charge >= 0.3 is 0 Å². The van der Waals surface area contributed by atoms with E-state index in [4.69, 9.17) is 0 Å². The Bertz CT molecular complexity index is 363. The molecule has 1 aliphatic heterocycles. The fourth-order valence-electron chi connectivity index (χ4n) is 1.83. The fourth-order valence-corrected chi connectivity index (χ4v) is 1.83. The van der Waals surface area contributed by atoms with Gasteiger partial charge in [-0.3, -0.25) is 10.1 Å². The van der Waals surface area contributed by atoms with Crippen LogP contribution < -0.4 is 5.32 Å². The lowest BCUT2D eigenvalue weighted by molar-refractivity contribution is -0.384. The molecule has 0 aromatic heterocycles. The summed E-state index contributed by atoms with van der Waals surface area (Å²) in [5.41, 5.74) is 0.969. The number of hydrogen-bond donors (Lipinski definition) is 2. The monoisotopic (exact) mass is 208 g/mol. The third kappa shape index (κ3) is 1.98. The maximum Gasteiger partial charge on any atom is 0.269 e. The van der Waals surface area contributed by atoms with Crippen LogP contribution in [0.25, 0.3) is 0 Å². The summed E-state index contributed by atoms with van der Waals surface area (Å²) >= 11 is 0. The molecule has 0 saturated carbocycles. The molecule has 0 amide bonds. The van der Waals surface area contributed by atoms with Crippen molar-refractivity contribution in [2.24, 2.45) is 0 Å². The zero-order chi connectivity index (χ0) is 10.8. The number of rotatable bonds is 2. The number of nitro groups is 1. The number of aliphatic hydroxyl groups is 1. The largest absolute Gasteiger partial charge is 0.391 e. The van der Waals surface area contributed by atoms with Crippen molar-refractivity contribution in [3.63, 3.8) is 0 Å². The van der Waals surface area contributed by atoms with Gasteiger partial charge in [-0.05, 0) is 18.5 Å². The van der Waals surface area contributed by atoms with Crippen molar-refractivity contribution >= 4 is 5.69 Å². The molecule has 1 fully saturated rings. The van der Waals surface area contributed by atoms with E-state index >= 15 is 0 Å². The molecule has 80 valence electrons. The summed E-state index contributed by atoms with van der Waals surface area (Å²) in [6.07, 6.45) is 0.327. The standard InChI is InChI=1S/C10H12N2O3/c13-9-5-6-11-10(9)7-1-3-8(4-2-7)12(14)15/h1-4,9-11,13H,5-6H2/t9-,10-/m0/s1. The quantitative estimate of drug-likeness (QED) is 0.561. The van der Waals surface area contributed by atoms with Crippen LogP contribution in [0.4, 0.5) is 5.69 Å². The van der Waals surface area contributed by atoms with Gasteiger partial charge in [0.1, 0.15) is 0 Å². The Kier molecular flexibility index (Phi) is 2.66. The van der Waals surface area contributed by atoms with Gasteiger partial charge in [-0.15, -0.1) is 0 Å². The molecule has 0 aliphatic carbocycles. The second-order valence-electron chi connectivity index (χ2n) is 3.64. The van der Waals surface area contributed by atoms with E-state index in [1.54, 1.807) is 12.1 Å². The zero-order valence-electron chi connectivity index (χ0n) is 8.09. The lowest BCUT2D eigenvalue weighted by atomic mass is 10.0. The Labute approximate surface area is 86.9 Å². The Balaban J connectivity index is 2.19. The first-order valence-electron chi connectivity index (χ1n) is 4.84. The molecule has 2 N–H and O–H groups in total. The molecular weight excluding hydrogens is 196 g/mol. The number of hydrogen-bond acceptors (Lipinski definition) is 4. The van der Waals surface area contributed by atoms with Gasteiger partial charge in [0, 0.05) is 12.1 Å². The first-order valence-corrected chi connectivity index (χ1v) is 4.84. The number of aliphatic hydroxyl groups excluding tert-OH is 1. The van der Waals surface area contributed by atoms with E-state index in [1.807, 2.05) is 0 Å². The topological polar surface area (TPSA) is 75.4 Å². The van der Waals surface area contributed by atoms with Gasteiger partial charge in [0.05, 0.1) is 17.1 Å². The van der Waals surface area contributed by atoms with Crippen LogP contribution >= 0.6 is 0 Å². The molecular formula is C10H12N2O3. The van der Waals surface area contributed by atoms with Crippen molar-refractivity contribution in [3.05, 3.63) is 39.9 Å². The molecule has 2 atom stereocenters. The van der Waals surface area contributed by atoms with Crippen molar-refractivity contribution in [1.82, 2.24) is 5.32 Å². The molecule has 1 saturated heterocycles. The summed E-state index contributed by atoms with van der Waals surface area (Å²) in [6, 6.07) is 6.20. The molecule has 0 bridgehead atoms. The van der Waals surface area contributed by atoms with E-state index in [9.17, 15) is 15.2 Å². The Morgan fingerprint density at radius 1 is 1.40 bits per heavy atom. The summed E-state index contributed by atoms with van der Waals surface area (Å²) in [7, 11) is 0. The lowest BCUT2D eigenvalue weighted by Gasteiger charge is -2.14. The van der Waals surface area contributed by atoms with Crippen LogP contribution in [0.1, 0.15) is 18.0 Å². The van der Waals surface area contributed by atoms with E-state index in [0.717, 1.165) is 18.5 Å². The SMILES string of the molecule is O=[N+]([O-])c1ccc([C@@H]2NCC[C@@H]2O)cc1. The minimum atomic E-state index is -0.428. The highest BCUT2D eigenvalue weighted by Crippen LogP contribution is 2.25. The summed E-state index contributed by atoms with van der Waals surface area (Å²) in [6.45, 7) is 0.781. The van der Waals surface area contributed by atoms with Crippen LogP contribution in [0.3, 0.4) is 0 Å². The molecule has 1 heterocycles. The van der Waals surface area contributed by atoms with Gasteiger partial charge < -0.3 is 10.4 Å². The van der Waals surface area contributed by atoms with Crippen molar-refractivity contribution in [2.75, 3.05) is 6.54 Å². The molecule has 1 aromatic carbocycles. The maximum absolute atomic E-state index is 10.4. The lowest BCUT2D eigenvalue weighted by Crippen LogP contribution is -2.20. The van der Waals surface area contributed by atoms with E-state index < -0.39 is 11.0 Å². The fraction of sp³-hybridized carbons (Fsp3) is 0.400. The highest BCUT2D eigenvalue weighted by Gasteiger charge is 2.26. The van der Waals surface area contributed by atoms with Gasteiger partial charge in [0.15, 0.2) is 0 Å². The third-order valence-corrected chi connectivity index (χ3v) is 2.65. The predicted octanol–water partition coefficient (Wildman–Crippen LogP) is 0.990. The summed E-state index contributed by atoms with van der Waals surface area (Å²) in [5, 5.41) is 23.2. The van der Waals surface area contributed by atoms with Gasteiger partial charge in [-0.25, -0.2) is 0 Å². The number of benzene rings is 1. The molecule has 0 radical (unpaired) electrons. The summed E-state index contributed by atoms with van der Waals surface area (Å²) < 4.78 is 0. The third-order valence-electron chi connectivity index (χ3n) is 2.65. The predicted molar refractivity (Wildman–Crippen MR) is 54.5 cm³/mol. The average Bonchev–Trinajstić information content (AvgIpc) is 2.65. The highest BCUT2D eigenvalue weighted by atomic mass is 16.6. The normalized spacial score (nSPS) is 25.4. The molecule has 0 unspecified atom stereocenters. The van der Waals surface area contributed by atoms with Crippen molar-refractivity contribution < 1.29 is 10.0 Å². The van der Waals surface area contributed by atoms with Crippen molar-refractivity contribution in [2.45, 2.75) is 18.6 Å². The summed E-state index contributed by atoms with van der Waals surface area (Å²) in [5.74, 6) is 0. The van der Waals surface area contributed by atoms with E-state index in [2.05, 4.69) is 5.32 Å². The highest BCUT2D eigenvalue weighted by molar-refractivity contribution is 5.34. The van der Waals surface area contributed by atoms with E-state index in [1.165, 1.54) is 12.1 Å². The first kappa shape index (κ1) is 10.1. The van der Waals surface area contributed by atoms with Crippen LogP contribution in [-0.4, -0.2) is 22.7 Å². The Morgan fingerprint density at radius 3 is 2.53 bits per heavy atom. The average molecular weight is 208 g/mol. The Hall–Kier alpha value is -1.46. The maximum atomic E-state index is 10.4. The van der Waals surface area contributed by atoms with Crippen LogP contribution in [0.15, 0.2) is 24.3 Å². The van der Waals surface area contributed by atoms with Crippen molar-refractivity contribution in [1.29, 1.82) is 0 Å². The molecule has 1 aromatic rings. The first-order chi connectivity index (χ1) is 7.18. The van der Waals surface area contributed by atoms with Crippen molar-refractivity contribution in [3.8, 4) is 0 Å². The second kappa shape index (κ2) is 3.96. The zero-order valence-corrected chi connectivity index (χ0v) is 8.09. The van der Waals surface area contributed by atoms with Gasteiger partial charge in [-0.1, -0.05) is 12.1 Å². The molecule has 5 heteroatoms. The minimum absolute atomic E-state index is 0.0752. The van der Waals surface area contributed by atoms with E-state index in [-0.39, 0.29) is 11.7 Å².